The fourth-order valence-electron chi connectivity index (χ4n) is 3.34. The number of aromatic nitrogens is 4. The van der Waals surface area contributed by atoms with Gasteiger partial charge < -0.3 is 36.4 Å². The second-order valence-corrected chi connectivity index (χ2v) is 9.17. The Hall–Kier alpha value is -5.20. The van der Waals surface area contributed by atoms with Gasteiger partial charge in [0.1, 0.15) is 39.8 Å². The Bertz CT molecular complexity index is 1570. The number of benzene rings is 2. The molecule has 0 aliphatic carbocycles. The first-order valence-electron chi connectivity index (χ1n) is 11.4. The number of guanidine groups is 1. The summed E-state index contributed by atoms with van der Waals surface area (Å²) < 4.78 is 17.5. The van der Waals surface area contributed by atoms with Gasteiger partial charge in [0.15, 0.2) is 17.4 Å². The third kappa shape index (κ3) is 5.95. The number of H-pyrrole nitrogens is 1. The Morgan fingerprint density at radius 3 is 2.42 bits per heavy atom. The molecule has 0 bridgehead atoms. The van der Waals surface area contributed by atoms with Crippen LogP contribution in [0.5, 0.6) is 23.4 Å². The summed E-state index contributed by atoms with van der Waals surface area (Å²) in [6.45, 7) is 6.99. The third-order valence-corrected chi connectivity index (χ3v) is 4.85. The van der Waals surface area contributed by atoms with Gasteiger partial charge in [-0.3, -0.25) is 5.41 Å². The maximum atomic E-state index is 13.0. The largest absolute Gasteiger partial charge is 0.456 e. The van der Waals surface area contributed by atoms with E-state index in [2.05, 4.69) is 24.9 Å². The summed E-state index contributed by atoms with van der Waals surface area (Å²) >= 11 is 0. The van der Waals surface area contributed by atoms with Crippen molar-refractivity contribution in [1.82, 2.24) is 19.9 Å². The van der Waals surface area contributed by atoms with Gasteiger partial charge in [0.2, 0.25) is 0 Å². The van der Waals surface area contributed by atoms with Crippen LogP contribution in [0.3, 0.4) is 0 Å². The van der Waals surface area contributed by atoms with E-state index in [-0.39, 0.29) is 46.4 Å². The second-order valence-electron chi connectivity index (χ2n) is 9.17. The van der Waals surface area contributed by atoms with Crippen LogP contribution in [0.4, 0.5) is 5.69 Å². The van der Waals surface area contributed by atoms with Crippen molar-refractivity contribution in [3.8, 4) is 23.4 Å². The second kappa shape index (κ2) is 10.0. The monoisotopic (exact) mass is 517 g/mol. The average Bonchev–Trinajstić information content (AvgIpc) is 3.19. The van der Waals surface area contributed by atoms with Gasteiger partial charge in [-0.05, 0) is 52.0 Å². The Balaban J connectivity index is 1.81. The van der Waals surface area contributed by atoms with Crippen LogP contribution in [0.15, 0.2) is 47.5 Å². The maximum absolute atomic E-state index is 13.0. The van der Waals surface area contributed by atoms with Crippen LogP contribution in [0, 0.1) is 12.3 Å². The summed E-state index contributed by atoms with van der Waals surface area (Å²) in [6.07, 6.45) is 0. The number of ether oxygens (including phenoxy) is 3. The first-order chi connectivity index (χ1) is 17.9. The predicted molar refractivity (Wildman–Crippen MR) is 141 cm³/mol. The number of nitrogens with two attached hydrogens (primary N) is 3. The van der Waals surface area contributed by atoms with E-state index < -0.39 is 11.6 Å². The number of hydrogen-bond donors (Lipinski definition) is 5. The molecule has 0 unspecified atom stereocenters. The molecule has 0 aliphatic heterocycles. The minimum atomic E-state index is -0.750. The quantitative estimate of drug-likeness (QED) is 0.137. The van der Waals surface area contributed by atoms with E-state index in [1.165, 1.54) is 18.2 Å². The Labute approximate surface area is 217 Å². The van der Waals surface area contributed by atoms with Crippen LogP contribution in [0.2, 0.25) is 0 Å². The van der Waals surface area contributed by atoms with Gasteiger partial charge in [-0.25, -0.2) is 14.8 Å². The zero-order valence-corrected chi connectivity index (χ0v) is 21.2. The van der Waals surface area contributed by atoms with E-state index in [1.807, 2.05) is 0 Å². The highest BCUT2D eigenvalue weighted by Crippen LogP contribution is 2.35. The lowest BCUT2D eigenvalue weighted by Crippen LogP contribution is -2.24. The summed E-state index contributed by atoms with van der Waals surface area (Å²) in [5.41, 5.74) is 17.4. The smallest absolute Gasteiger partial charge is 0.342 e. The number of carbonyl (C=O) groups is 1. The molecule has 0 amide bonds. The van der Waals surface area contributed by atoms with Crippen molar-refractivity contribution in [3.63, 3.8) is 0 Å². The third-order valence-electron chi connectivity index (χ3n) is 4.85. The normalized spacial score (nSPS) is 11.2. The predicted octanol–water partition coefficient (Wildman–Crippen LogP) is 3.39. The van der Waals surface area contributed by atoms with Crippen LogP contribution in [-0.2, 0) is 4.74 Å². The van der Waals surface area contributed by atoms with E-state index in [4.69, 9.17) is 36.8 Å². The molecule has 2 heterocycles. The number of carbonyl (C=O) groups excluding carboxylic acids is 1. The zero-order valence-electron chi connectivity index (χ0n) is 21.2. The van der Waals surface area contributed by atoms with Crippen molar-refractivity contribution < 1.29 is 19.0 Å². The van der Waals surface area contributed by atoms with Gasteiger partial charge in [0.25, 0.3) is 5.88 Å². The molecule has 196 valence electrons. The van der Waals surface area contributed by atoms with Crippen molar-refractivity contribution in [2.45, 2.75) is 33.3 Å². The minimum Gasteiger partial charge on any atom is -0.456 e. The maximum Gasteiger partial charge on any atom is 0.342 e. The Morgan fingerprint density at radius 2 is 1.74 bits per heavy atom. The molecule has 38 heavy (non-hydrogen) atoms. The number of rotatable bonds is 7. The SMILES string of the molecule is Cc1nc2nc(Oc3ccccc3N=C(N)N)nc(Oc3cc(C(=N)N)ccc3C(=O)OC(C)(C)C)c2[nH]1. The number of nitrogens with zero attached hydrogens (tertiary/aromatic N) is 4. The van der Waals surface area contributed by atoms with Crippen molar-refractivity contribution in [3.05, 3.63) is 59.4 Å². The van der Waals surface area contributed by atoms with E-state index in [0.29, 0.717) is 22.6 Å². The first-order valence-corrected chi connectivity index (χ1v) is 11.4. The number of imidazole rings is 1. The summed E-state index contributed by atoms with van der Waals surface area (Å²) in [4.78, 5) is 33.2. The fourth-order valence-corrected chi connectivity index (χ4v) is 3.34. The molecule has 0 saturated heterocycles. The highest BCUT2D eigenvalue weighted by Gasteiger charge is 2.24. The Kier molecular flexibility index (Phi) is 6.84. The molecule has 4 aromatic rings. The van der Waals surface area contributed by atoms with Crippen molar-refractivity contribution in [2.24, 2.45) is 22.2 Å². The van der Waals surface area contributed by atoms with Gasteiger partial charge in [0.05, 0.1) is 0 Å². The van der Waals surface area contributed by atoms with E-state index in [0.717, 1.165) is 0 Å². The highest BCUT2D eigenvalue weighted by molar-refractivity contribution is 5.99. The van der Waals surface area contributed by atoms with Gasteiger partial charge in [-0.15, -0.1) is 0 Å². The zero-order chi connectivity index (χ0) is 27.6. The lowest BCUT2D eigenvalue weighted by atomic mass is 10.1. The standard InChI is InChI=1S/C25H27N9O4/c1-12-30-18-20(31-12)33-24(37-16-8-6-5-7-15(16)32-23(28)29)34-21(18)36-17-11-13(19(26)27)9-10-14(17)22(35)38-25(2,3)4/h5-11H,1-4H3,(H3,26,27)(H4,28,29,32)(H,30,31,33,34). The first kappa shape index (κ1) is 25.9. The number of nitrogen functional groups attached to an aromatic ring is 1. The number of nitrogens with one attached hydrogen (secondary N) is 2. The van der Waals surface area contributed by atoms with E-state index in [1.54, 1.807) is 52.0 Å². The molecule has 0 atom stereocenters. The molecule has 4 rings (SSSR count). The van der Waals surface area contributed by atoms with Crippen molar-refractivity contribution in [1.29, 1.82) is 5.41 Å². The van der Waals surface area contributed by atoms with E-state index in [9.17, 15) is 4.79 Å². The summed E-state index contributed by atoms with van der Waals surface area (Å²) in [5, 5.41) is 7.81. The number of esters is 1. The molecule has 2 aromatic carbocycles. The molecule has 0 fully saturated rings. The lowest BCUT2D eigenvalue weighted by Gasteiger charge is -2.20. The van der Waals surface area contributed by atoms with Gasteiger partial charge in [-0.1, -0.05) is 18.2 Å². The molecule has 13 heteroatoms. The molecule has 0 radical (unpaired) electrons. The van der Waals surface area contributed by atoms with Gasteiger partial charge in [-0.2, -0.15) is 9.97 Å². The molecule has 0 saturated carbocycles. The highest BCUT2D eigenvalue weighted by atomic mass is 16.6. The molecule has 0 spiro atoms. The van der Waals surface area contributed by atoms with Gasteiger partial charge in [0, 0.05) is 5.56 Å². The number of hydrogen-bond acceptors (Lipinski definition) is 9. The lowest BCUT2D eigenvalue weighted by molar-refractivity contribution is 0.00671. The van der Waals surface area contributed by atoms with Crippen LogP contribution in [0.1, 0.15) is 42.5 Å². The van der Waals surface area contributed by atoms with Crippen LogP contribution in [-0.4, -0.2) is 43.3 Å². The molecular formula is C25H27N9O4. The van der Waals surface area contributed by atoms with E-state index >= 15 is 0 Å². The summed E-state index contributed by atoms with van der Waals surface area (Å²) in [5.74, 6) is -0.0908. The fraction of sp³-hybridized carbons (Fsp3) is 0.200. The van der Waals surface area contributed by atoms with Gasteiger partial charge >= 0.3 is 12.0 Å². The van der Waals surface area contributed by atoms with Crippen LogP contribution in [0.25, 0.3) is 11.2 Å². The Morgan fingerprint density at radius 1 is 1.00 bits per heavy atom. The van der Waals surface area contributed by atoms with Crippen LogP contribution >= 0.6 is 0 Å². The number of aromatic amines is 1. The average molecular weight is 518 g/mol. The summed E-state index contributed by atoms with van der Waals surface area (Å²) in [7, 11) is 0. The van der Waals surface area contributed by atoms with Crippen LogP contribution < -0.4 is 26.7 Å². The molecule has 0 aliphatic rings. The number of para-hydroxylation sites is 2. The van der Waals surface area contributed by atoms with Crippen molar-refractivity contribution >= 4 is 34.6 Å². The number of fused-ring (bicyclic) bond motifs is 1. The topological polar surface area (TPSA) is 213 Å². The summed E-state index contributed by atoms with van der Waals surface area (Å²) in [6, 6.07) is 11.1. The molecule has 13 nitrogen and oxygen atoms in total. The molecular weight excluding hydrogens is 490 g/mol. The molecule has 8 N–H and O–H groups in total. The number of amidine groups is 1. The molecule has 2 aromatic heterocycles. The van der Waals surface area contributed by atoms with Crippen molar-refractivity contribution in [2.75, 3.05) is 0 Å². The number of aliphatic imine (C=N–C) groups is 1. The number of aryl methyl sites for hydroxylation is 1. The minimum absolute atomic E-state index is 0.00966.